The predicted octanol–water partition coefficient (Wildman–Crippen LogP) is 4.80. The number of halogens is 1. The maximum absolute atomic E-state index is 14.1. The topological polar surface area (TPSA) is 54.5 Å². The number of hydrogen-bond acceptors (Lipinski definition) is 3. The Labute approximate surface area is 192 Å². The van der Waals surface area contributed by atoms with Crippen LogP contribution in [0.5, 0.6) is 0 Å². The van der Waals surface area contributed by atoms with E-state index in [1.54, 1.807) is 4.90 Å². The summed E-state index contributed by atoms with van der Waals surface area (Å²) in [4.78, 5) is 15.8. The van der Waals surface area contributed by atoms with E-state index in [-0.39, 0.29) is 23.5 Å². The molecule has 6 heteroatoms. The lowest BCUT2D eigenvalue weighted by atomic mass is 9.89. The zero-order chi connectivity index (χ0) is 21.8. The van der Waals surface area contributed by atoms with E-state index in [1.807, 2.05) is 84.9 Å². The molecule has 0 radical (unpaired) electrons. The van der Waals surface area contributed by atoms with Gasteiger partial charge in [-0.2, -0.15) is 0 Å². The lowest BCUT2D eigenvalue weighted by Crippen LogP contribution is -2.43. The second-order valence-electron chi connectivity index (χ2n) is 7.91. The van der Waals surface area contributed by atoms with E-state index in [2.05, 4.69) is 15.9 Å². The van der Waals surface area contributed by atoms with E-state index in [4.69, 9.17) is 0 Å². The summed E-state index contributed by atoms with van der Waals surface area (Å²) < 4.78 is 25.4. The molecule has 4 nitrogen and oxygen atoms in total. The maximum atomic E-state index is 14.1. The van der Waals surface area contributed by atoms with Crippen molar-refractivity contribution in [1.29, 1.82) is 0 Å². The summed E-state index contributed by atoms with van der Waals surface area (Å²) in [6.07, 6.45) is 0.471. The zero-order valence-electron chi connectivity index (χ0n) is 17.0. The van der Waals surface area contributed by atoms with Crippen LogP contribution in [-0.4, -0.2) is 36.8 Å². The van der Waals surface area contributed by atoms with Crippen LogP contribution in [0.1, 0.15) is 29.0 Å². The van der Waals surface area contributed by atoms with Crippen molar-refractivity contribution in [3.8, 4) is 0 Å². The highest BCUT2D eigenvalue weighted by molar-refractivity contribution is 9.10. The van der Waals surface area contributed by atoms with Crippen LogP contribution in [0, 0.1) is 0 Å². The number of benzene rings is 3. The van der Waals surface area contributed by atoms with E-state index < -0.39 is 15.8 Å². The first-order chi connectivity index (χ1) is 14.9. The van der Waals surface area contributed by atoms with Gasteiger partial charge in [0.1, 0.15) is 0 Å². The van der Waals surface area contributed by atoms with Gasteiger partial charge in [0.2, 0.25) is 5.91 Å². The van der Waals surface area contributed by atoms with Crippen LogP contribution in [0.3, 0.4) is 0 Å². The van der Waals surface area contributed by atoms with Gasteiger partial charge in [0.25, 0.3) is 0 Å². The molecule has 0 spiro atoms. The first-order valence-corrected chi connectivity index (χ1v) is 12.9. The molecule has 0 aliphatic carbocycles. The van der Waals surface area contributed by atoms with Gasteiger partial charge in [0.15, 0.2) is 9.84 Å². The van der Waals surface area contributed by atoms with Gasteiger partial charge in [-0.3, -0.25) is 4.79 Å². The molecule has 0 aromatic heterocycles. The standard InChI is InChI=1S/C25H24BrNO3S/c26-22-13-7-8-19(16-22)17-27(23-14-15-31(29,30)18-23)25(28)24(20-9-3-1-4-10-20)21-11-5-2-6-12-21/h1-13,16,23-24H,14-15,17-18H2. The molecule has 1 fully saturated rings. The zero-order valence-corrected chi connectivity index (χ0v) is 19.4. The first kappa shape index (κ1) is 21.8. The summed E-state index contributed by atoms with van der Waals surface area (Å²) in [5.41, 5.74) is 2.77. The molecule has 3 aromatic rings. The minimum Gasteiger partial charge on any atom is -0.334 e. The molecule has 0 bridgehead atoms. The molecule has 4 rings (SSSR count). The third-order valence-electron chi connectivity index (χ3n) is 5.69. The van der Waals surface area contributed by atoms with Crippen molar-refractivity contribution < 1.29 is 13.2 Å². The molecule has 1 heterocycles. The van der Waals surface area contributed by atoms with Gasteiger partial charge in [-0.1, -0.05) is 88.7 Å². The van der Waals surface area contributed by atoms with Gasteiger partial charge < -0.3 is 4.90 Å². The van der Waals surface area contributed by atoms with Crippen molar-refractivity contribution in [3.05, 3.63) is 106 Å². The molecule has 1 unspecified atom stereocenters. The van der Waals surface area contributed by atoms with Gasteiger partial charge in [0.05, 0.1) is 17.4 Å². The summed E-state index contributed by atoms with van der Waals surface area (Å²) in [5.74, 6) is -0.415. The second kappa shape index (κ2) is 9.37. The SMILES string of the molecule is O=C(C(c1ccccc1)c1ccccc1)N(Cc1cccc(Br)c1)C1CCS(=O)(=O)C1. The van der Waals surface area contributed by atoms with Crippen LogP contribution in [0.2, 0.25) is 0 Å². The lowest BCUT2D eigenvalue weighted by molar-refractivity contribution is -0.134. The van der Waals surface area contributed by atoms with Crippen LogP contribution in [0.25, 0.3) is 0 Å². The minimum absolute atomic E-state index is 0.0169. The molecule has 0 saturated carbocycles. The summed E-state index contributed by atoms with van der Waals surface area (Å²) in [5, 5.41) is 0. The van der Waals surface area contributed by atoms with Crippen molar-refractivity contribution in [2.75, 3.05) is 11.5 Å². The number of carbonyl (C=O) groups excluding carboxylic acids is 1. The highest BCUT2D eigenvalue weighted by atomic mass is 79.9. The Balaban J connectivity index is 1.75. The number of nitrogens with zero attached hydrogens (tertiary/aromatic N) is 1. The Kier molecular flexibility index (Phi) is 6.58. The number of sulfone groups is 1. The van der Waals surface area contributed by atoms with Crippen molar-refractivity contribution in [2.45, 2.75) is 24.9 Å². The van der Waals surface area contributed by atoms with Crippen LogP contribution in [-0.2, 0) is 21.2 Å². The van der Waals surface area contributed by atoms with Gasteiger partial charge in [-0.15, -0.1) is 0 Å². The second-order valence-corrected chi connectivity index (χ2v) is 11.1. The molecule has 1 aliphatic heterocycles. The molecule has 1 atom stereocenters. The van der Waals surface area contributed by atoms with E-state index in [0.717, 1.165) is 21.2 Å². The number of rotatable bonds is 6. The molecular weight excluding hydrogens is 474 g/mol. The number of amides is 1. The highest BCUT2D eigenvalue weighted by Gasteiger charge is 2.38. The molecule has 1 aliphatic rings. The van der Waals surface area contributed by atoms with Crippen molar-refractivity contribution >= 4 is 31.7 Å². The van der Waals surface area contributed by atoms with Crippen molar-refractivity contribution in [1.82, 2.24) is 4.90 Å². The van der Waals surface area contributed by atoms with Gasteiger partial charge in [0, 0.05) is 17.1 Å². The van der Waals surface area contributed by atoms with Crippen molar-refractivity contribution in [2.24, 2.45) is 0 Å². The van der Waals surface area contributed by atoms with E-state index in [0.29, 0.717) is 13.0 Å². The fourth-order valence-corrected chi connectivity index (χ4v) is 6.35. The fraction of sp³-hybridized carbons (Fsp3) is 0.240. The number of hydrogen-bond donors (Lipinski definition) is 0. The van der Waals surface area contributed by atoms with Gasteiger partial charge >= 0.3 is 0 Å². The third-order valence-corrected chi connectivity index (χ3v) is 7.93. The Bertz CT molecular complexity index is 1110. The Morgan fingerprint density at radius 2 is 1.55 bits per heavy atom. The molecule has 1 saturated heterocycles. The lowest BCUT2D eigenvalue weighted by Gasteiger charge is -2.32. The van der Waals surface area contributed by atoms with Crippen LogP contribution in [0.4, 0.5) is 0 Å². The Morgan fingerprint density at radius 1 is 0.935 bits per heavy atom. The average molecular weight is 498 g/mol. The summed E-state index contributed by atoms with van der Waals surface area (Å²) in [7, 11) is -3.13. The van der Waals surface area contributed by atoms with Gasteiger partial charge in [-0.05, 0) is 35.2 Å². The Hall–Kier alpha value is -2.44. The number of carbonyl (C=O) groups is 1. The van der Waals surface area contributed by atoms with E-state index in [9.17, 15) is 13.2 Å². The average Bonchev–Trinajstić information content (AvgIpc) is 3.13. The largest absolute Gasteiger partial charge is 0.334 e. The maximum Gasteiger partial charge on any atom is 0.235 e. The predicted molar refractivity (Wildman–Crippen MR) is 126 cm³/mol. The van der Waals surface area contributed by atoms with Crippen LogP contribution >= 0.6 is 15.9 Å². The molecule has 3 aromatic carbocycles. The summed E-state index contributed by atoms with van der Waals surface area (Å²) >= 11 is 3.49. The highest BCUT2D eigenvalue weighted by Crippen LogP contribution is 2.31. The normalized spacial score (nSPS) is 17.5. The van der Waals surface area contributed by atoms with E-state index in [1.165, 1.54) is 0 Å². The molecule has 160 valence electrons. The fourth-order valence-electron chi connectivity index (χ4n) is 4.17. The monoisotopic (exact) mass is 497 g/mol. The minimum atomic E-state index is -3.13. The van der Waals surface area contributed by atoms with Crippen LogP contribution in [0.15, 0.2) is 89.4 Å². The molecule has 0 N–H and O–H groups in total. The molecule has 31 heavy (non-hydrogen) atoms. The third kappa shape index (κ3) is 5.25. The Morgan fingerprint density at radius 3 is 2.06 bits per heavy atom. The van der Waals surface area contributed by atoms with E-state index >= 15 is 0 Å². The van der Waals surface area contributed by atoms with Crippen LogP contribution < -0.4 is 0 Å². The van der Waals surface area contributed by atoms with Gasteiger partial charge in [-0.25, -0.2) is 8.42 Å². The quantitative estimate of drug-likeness (QED) is 0.491. The summed E-state index contributed by atoms with van der Waals surface area (Å²) in [6.45, 7) is 0.370. The molecule has 1 amide bonds. The van der Waals surface area contributed by atoms with Crippen molar-refractivity contribution in [3.63, 3.8) is 0 Å². The molecular formula is C25H24BrNO3S. The first-order valence-electron chi connectivity index (χ1n) is 10.3. The smallest absolute Gasteiger partial charge is 0.235 e. The summed E-state index contributed by atoms with van der Waals surface area (Å²) in [6, 6.07) is 26.9.